The van der Waals surface area contributed by atoms with Crippen molar-refractivity contribution < 1.29 is 17.9 Å². The fourth-order valence-corrected chi connectivity index (χ4v) is 4.33. The van der Waals surface area contributed by atoms with Crippen molar-refractivity contribution in [1.82, 2.24) is 14.5 Å². The molecule has 11 heteroatoms. The van der Waals surface area contributed by atoms with E-state index in [9.17, 15) is 13.2 Å². The molecule has 0 spiro atoms. The van der Waals surface area contributed by atoms with Crippen molar-refractivity contribution in [1.29, 1.82) is 0 Å². The first kappa shape index (κ1) is 24.1. The molecule has 2 aliphatic rings. The van der Waals surface area contributed by atoms with Crippen LogP contribution >= 0.6 is 24.8 Å². The summed E-state index contributed by atoms with van der Waals surface area (Å²) in [4.78, 5) is 14.4. The van der Waals surface area contributed by atoms with Gasteiger partial charge in [-0.25, -0.2) is 8.42 Å². The van der Waals surface area contributed by atoms with Crippen molar-refractivity contribution in [3.05, 3.63) is 24.3 Å². The zero-order valence-corrected chi connectivity index (χ0v) is 17.4. The van der Waals surface area contributed by atoms with Crippen molar-refractivity contribution in [2.75, 3.05) is 64.3 Å². The van der Waals surface area contributed by atoms with E-state index in [-0.39, 0.29) is 35.6 Å². The average molecular weight is 441 g/mol. The van der Waals surface area contributed by atoms with E-state index >= 15 is 0 Å². The summed E-state index contributed by atoms with van der Waals surface area (Å²) in [6.07, 6.45) is 0. The zero-order chi connectivity index (χ0) is 17.7. The summed E-state index contributed by atoms with van der Waals surface area (Å²) in [7, 11) is -3.50. The Morgan fingerprint density at radius 3 is 2.22 bits per heavy atom. The van der Waals surface area contributed by atoms with Crippen LogP contribution in [0.3, 0.4) is 0 Å². The minimum Gasteiger partial charge on any atom is -0.379 e. The van der Waals surface area contributed by atoms with E-state index in [1.165, 1.54) is 16.4 Å². The Labute approximate surface area is 172 Å². The highest BCUT2D eigenvalue weighted by Gasteiger charge is 2.26. The number of amides is 1. The molecule has 154 valence electrons. The first-order valence-electron chi connectivity index (χ1n) is 8.46. The number of hydrogen-bond donors (Lipinski definition) is 2. The van der Waals surface area contributed by atoms with Gasteiger partial charge in [0.05, 0.1) is 24.7 Å². The molecule has 2 heterocycles. The third-order valence-corrected chi connectivity index (χ3v) is 6.24. The smallest absolute Gasteiger partial charge is 0.243 e. The standard InChI is InChI=1S/C16H24N4O4S.2ClH/c21-16(13-19-7-5-17-6-8-19)18-14-1-3-15(4-2-14)25(22,23)20-9-11-24-12-10-20;;/h1-4,17H,5-13H2,(H,18,21);2*1H. The molecule has 2 N–H and O–H groups in total. The predicted octanol–water partition coefficient (Wildman–Crippen LogP) is 0.395. The molecule has 2 fully saturated rings. The minimum absolute atomic E-state index is 0. The number of halogens is 2. The van der Waals surface area contributed by atoms with E-state index in [4.69, 9.17) is 4.74 Å². The highest BCUT2D eigenvalue weighted by atomic mass is 35.5. The molecule has 0 saturated carbocycles. The molecule has 1 aromatic carbocycles. The molecule has 0 radical (unpaired) electrons. The molecule has 8 nitrogen and oxygen atoms in total. The van der Waals surface area contributed by atoms with Gasteiger partial charge < -0.3 is 15.4 Å². The van der Waals surface area contributed by atoms with Gasteiger partial charge in [0.15, 0.2) is 0 Å². The number of carbonyl (C=O) groups excluding carboxylic acids is 1. The minimum atomic E-state index is -3.50. The largest absolute Gasteiger partial charge is 0.379 e. The van der Waals surface area contributed by atoms with Gasteiger partial charge in [-0.1, -0.05) is 0 Å². The highest BCUT2D eigenvalue weighted by molar-refractivity contribution is 7.89. The summed E-state index contributed by atoms with van der Waals surface area (Å²) >= 11 is 0. The van der Waals surface area contributed by atoms with Crippen molar-refractivity contribution >= 4 is 46.4 Å². The van der Waals surface area contributed by atoms with Crippen LogP contribution in [0.5, 0.6) is 0 Å². The van der Waals surface area contributed by atoms with E-state index in [0.29, 0.717) is 38.5 Å². The number of hydrogen-bond acceptors (Lipinski definition) is 6. The summed E-state index contributed by atoms with van der Waals surface area (Å²) in [5.74, 6) is -0.0920. The second-order valence-corrected chi connectivity index (χ2v) is 8.05. The Balaban J connectivity index is 0.00000182. The predicted molar refractivity (Wildman–Crippen MR) is 108 cm³/mol. The number of anilines is 1. The van der Waals surface area contributed by atoms with Gasteiger partial charge in [0.2, 0.25) is 15.9 Å². The fraction of sp³-hybridized carbons (Fsp3) is 0.562. The topological polar surface area (TPSA) is 91.0 Å². The van der Waals surface area contributed by atoms with Gasteiger partial charge in [0, 0.05) is 45.0 Å². The van der Waals surface area contributed by atoms with Crippen molar-refractivity contribution in [3.8, 4) is 0 Å². The van der Waals surface area contributed by atoms with E-state index in [2.05, 4.69) is 15.5 Å². The molecule has 1 amide bonds. The fourth-order valence-electron chi connectivity index (χ4n) is 2.92. The van der Waals surface area contributed by atoms with Crippen LogP contribution in [-0.4, -0.2) is 82.6 Å². The Morgan fingerprint density at radius 2 is 1.63 bits per heavy atom. The zero-order valence-electron chi connectivity index (χ0n) is 14.9. The SMILES string of the molecule is Cl.Cl.O=C(CN1CCNCC1)Nc1ccc(S(=O)(=O)N2CCOCC2)cc1. The lowest BCUT2D eigenvalue weighted by Crippen LogP contribution is -2.46. The summed E-state index contributed by atoms with van der Waals surface area (Å²) in [5, 5.41) is 6.06. The van der Waals surface area contributed by atoms with Gasteiger partial charge in [-0.3, -0.25) is 9.69 Å². The highest BCUT2D eigenvalue weighted by Crippen LogP contribution is 2.19. The molecule has 1 aromatic rings. The summed E-state index contributed by atoms with van der Waals surface area (Å²) in [5.41, 5.74) is 0.598. The Morgan fingerprint density at radius 1 is 1.04 bits per heavy atom. The molecule has 0 bridgehead atoms. The van der Waals surface area contributed by atoms with Gasteiger partial charge >= 0.3 is 0 Å². The van der Waals surface area contributed by atoms with Crippen LogP contribution in [0.1, 0.15) is 0 Å². The van der Waals surface area contributed by atoms with Gasteiger partial charge in [0.25, 0.3) is 0 Å². The second-order valence-electron chi connectivity index (χ2n) is 6.12. The normalized spacial score (nSPS) is 18.8. The average Bonchev–Trinajstić information content (AvgIpc) is 2.63. The van der Waals surface area contributed by atoms with E-state index < -0.39 is 10.0 Å². The molecule has 2 aliphatic heterocycles. The Bertz CT molecular complexity index is 691. The van der Waals surface area contributed by atoms with Gasteiger partial charge in [-0.2, -0.15) is 4.31 Å². The number of morpholine rings is 1. The number of nitrogens with one attached hydrogen (secondary N) is 2. The Hall–Kier alpha value is -0.940. The lowest BCUT2D eigenvalue weighted by Gasteiger charge is -2.26. The Kier molecular flexibility index (Phi) is 9.96. The maximum Gasteiger partial charge on any atom is 0.243 e. The lowest BCUT2D eigenvalue weighted by molar-refractivity contribution is -0.117. The molecule has 0 aliphatic carbocycles. The van der Waals surface area contributed by atoms with Crippen LogP contribution in [0.15, 0.2) is 29.2 Å². The molecule has 27 heavy (non-hydrogen) atoms. The lowest BCUT2D eigenvalue weighted by atomic mass is 10.3. The van der Waals surface area contributed by atoms with Crippen molar-refractivity contribution in [3.63, 3.8) is 0 Å². The number of benzene rings is 1. The molecule has 0 unspecified atom stereocenters. The third kappa shape index (κ3) is 6.56. The van der Waals surface area contributed by atoms with Crippen LogP contribution in [-0.2, 0) is 19.6 Å². The van der Waals surface area contributed by atoms with Crippen molar-refractivity contribution in [2.45, 2.75) is 4.90 Å². The quantitative estimate of drug-likeness (QED) is 0.688. The molecule has 2 saturated heterocycles. The van der Waals surface area contributed by atoms with Gasteiger partial charge in [-0.15, -0.1) is 24.8 Å². The summed E-state index contributed by atoms with van der Waals surface area (Å²) in [6, 6.07) is 6.32. The monoisotopic (exact) mass is 440 g/mol. The third-order valence-electron chi connectivity index (χ3n) is 4.32. The van der Waals surface area contributed by atoms with Crippen LogP contribution in [0.4, 0.5) is 5.69 Å². The van der Waals surface area contributed by atoms with Crippen LogP contribution in [0.2, 0.25) is 0 Å². The van der Waals surface area contributed by atoms with Crippen LogP contribution < -0.4 is 10.6 Å². The van der Waals surface area contributed by atoms with Crippen LogP contribution in [0, 0.1) is 0 Å². The van der Waals surface area contributed by atoms with Gasteiger partial charge in [-0.05, 0) is 24.3 Å². The maximum atomic E-state index is 12.6. The summed E-state index contributed by atoms with van der Waals surface area (Å²) in [6.45, 7) is 5.39. The summed E-state index contributed by atoms with van der Waals surface area (Å²) < 4.78 is 31.7. The van der Waals surface area contributed by atoms with E-state index in [1.807, 2.05) is 0 Å². The number of rotatable bonds is 5. The number of piperazine rings is 1. The van der Waals surface area contributed by atoms with E-state index in [0.717, 1.165) is 26.2 Å². The van der Waals surface area contributed by atoms with Gasteiger partial charge in [0.1, 0.15) is 0 Å². The number of sulfonamides is 1. The molecule has 0 aromatic heterocycles. The maximum absolute atomic E-state index is 12.6. The van der Waals surface area contributed by atoms with Crippen molar-refractivity contribution in [2.24, 2.45) is 0 Å². The molecular formula is C16H26Cl2N4O4S. The second kappa shape index (κ2) is 11.2. The van der Waals surface area contributed by atoms with E-state index in [1.54, 1.807) is 12.1 Å². The number of nitrogens with zero attached hydrogens (tertiary/aromatic N) is 2. The number of ether oxygens (including phenoxy) is 1. The van der Waals surface area contributed by atoms with Crippen LogP contribution in [0.25, 0.3) is 0 Å². The molecular weight excluding hydrogens is 415 g/mol. The molecule has 0 atom stereocenters. The first-order chi connectivity index (χ1) is 12.1. The molecule has 3 rings (SSSR count). The first-order valence-corrected chi connectivity index (χ1v) is 9.90. The number of carbonyl (C=O) groups is 1.